The van der Waals surface area contributed by atoms with Gasteiger partial charge in [0.2, 0.25) is 0 Å². The Balaban J connectivity index is 1.30. The van der Waals surface area contributed by atoms with E-state index < -0.39 is 0 Å². The van der Waals surface area contributed by atoms with Gasteiger partial charge in [-0.25, -0.2) is 0 Å². The average Bonchev–Trinajstić information content (AvgIpc) is 3.04. The van der Waals surface area contributed by atoms with Crippen LogP contribution in [-0.2, 0) is 17.9 Å². The van der Waals surface area contributed by atoms with Crippen LogP contribution in [0.15, 0.2) is 30.3 Å². The van der Waals surface area contributed by atoms with Gasteiger partial charge in [-0.2, -0.15) is 5.10 Å². The minimum Gasteiger partial charge on any atom is -0.497 e. The topological polar surface area (TPSA) is 65.0 Å². The summed E-state index contributed by atoms with van der Waals surface area (Å²) in [5, 5.41) is 7.53. The number of aryl methyl sites for hydroxylation is 3. The van der Waals surface area contributed by atoms with Gasteiger partial charge in [-0.05, 0) is 50.6 Å². The van der Waals surface area contributed by atoms with Gasteiger partial charge in [0.1, 0.15) is 38.5 Å². The second-order valence-electron chi connectivity index (χ2n) is 8.06. The van der Waals surface area contributed by atoms with Crippen LogP contribution in [0.4, 0.5) is 0 Å². The van der Waals surface area contributed by atoms with E-state index in [1.54, 1.807) is 12.0 Å². The van der Waals surface area contributed by atoms with Crippen LogP contribution in [0.3, 0.4) is 0 Å². The molecular weight excluding hydrogens is 366 g/mol. The summed E-state index contributed by atoms with van der Waals surface area (Å²) >= 11 is 0. The third kappa shape index (κ3) is 6.58. The molecule has 2 heterocycles. The molecule has 0 spiro atoms. The van der Waals surface area contributed by atoms with Crippen LogP contribution in [-0.4, -0.2) is 62.1 Å². The Kier molecular flexibility index (Phi) is 7.66. The van der Waals surface area contributed by atoms with Crippen molar-refractivity contribution in [2.45, 2.75) is 33.4 Å². The SMILES string of the molecule is COc1ccc(C[NH+]2CC[NH+](CC(=O)NCCCn3nc(C)cc3C)CC2)cc1. The lowest BCUT2D eigenvalue weighted by Gasteiger charge is -2.29. The van der Waals surface area contributed by atoms with Crippen LogP contribution >= 0.6 is 0 Å². The van der Waals surface area contributed by atoms with Crippen LogP contribution in [0.5, 0.6) is 5.75 Å². The van der Waals surface area contributed by atoms with Gasteiger partial charge in [0.15, 0.2) is 6.54 Å². The average molecular weight is 402 g/mol. The zero-order chi connectivity index (χ0) is 20.6. The standard InChI is InChI=1S/C22H33N5O2/c1-18-15-19(2)27(24-18)10-4-9-23-22(28)17-26-13-11-25(12-14-26)16-20-5-7-21(29-3)8-6-20/h5-8,15H,4,9-14,16-17H2,1-3H3,(H,23,28)/p+2. The van der Waals surface area contributed by atoms with Gasteiger partial charge in [0.25, 0.3) is 5.91 Å². The highest BCUT2D eigenvalue weighted by Crippen LogP contribution is 2.10. The summed E-state index contributed by atoms with van der Waals surface area (Å²) < 4.78 is 7.23. The maximum absolute atomic E-state index is 12.3. The van der Waals surface area contributed by atoms with Crippen molar-refractivity contribution in [1.82, 2.24) is 15.1 Å². The second-order valence-corrected chi connectivity index (χ2v) is 8.06. The van der Waals surface area contributed by atoms with Gasteiger partial charge in [0, 0.05) is 24.3 Å². The van der Waals surface area contributed by atoms with Crippen molar-refractivity contribution in [2.24, 2.45) is 0 Å². The predicted octanol–water partition coefficient (Wildman–Crippen LogP) is -1.00. The molecule has 0 atom stereocenters. The highest BCUT2D eigenvalue weighted by Gasteiger charge is 2.24. The number of carbonyl (C=O) groups excluding carboxylic acids is 1. The van der Waals surface area contributed by atoms with Gasteiger partial charge in [-0.3, -0.25) is 9.48 Å². The van der Waals surface area contributed by atoms with E-state index in [1.165, 1.54) is 16.2 Å². The molecule has 3 rings (SSSR count). The molecular formula is C22H35N5O2+2. The molecule has 2 aromatic rings. The number of aromatic nitrogens is 2. The van der Waals surface area contributed by atoms with E-state index >= 15 is 0 Å². The Morgan fingerprint density at radius 2 is 1.83 bits per heavy atom. The van der Waals surface area contributed by atoms with Gasteiger partial charge >= 0.3 is 0 Å². The number of hydrogen-bond acceptors (Lipinski definition) is 3. The molecule has 158 valence electrons. The number of piperazine rings is 1. The first-order chi connectivity index (χ1) is 14.0. The lowest BCUT2D eigenvalue weighted by Crippen LogP contribution is -3.28. The predicted molar refractivity (Wildman–Crippen MR) is 112 cm³/mol. The molecule has 0 saturated carbocycles. The van der Waals surface area contributed by atoms with E-state index in [-0.39, 0.29) is 5.91 Å². The molecule has 1 aromatic heterocycles. The van der Waals surface area contributed by atoms with E-state index in [4.69, 9.17) is 4.74 Å². The number of carbonyl (C=O) groups is 1. The molecule has 1 fully saturated rings. The summed E-state index contributed by atoms with van der Waals surface area (Å²) in [6.45, 7) is 11.5. The Bertz CT molecular complexity index is 779. The smallest absolute Gasteiger partial charge is 0.275 e. The molecule has 1 amide bonds. The number of rotatable bonds is 9. The summed E-state index contributed by atoms with van der Waals surface area (Å²) in [6, 6.07) is 10.4. The van der Waals surface area contributed by atoms with E-state index in [0.29, 0.717) is 13.1 Å². The molecule has 29 heavy (non-hydrogen) atoms. The highest BCUT2D eigenvalue weighted by atomic mass is 16.5. The normalized spacial score (nSPS) is 19.1. The fourth-order valence-electron chi connectivity index (χ4n) is 3.99. The fourth-order valence-corrected chi connectivity index (χ4v) is 3.99. The lowest BCUT2D eigenvalue weighted by molar-refractivity contribution is -1.02. The monoisotopic (exact) mass is 401 g/mol. The van der Waals surface area contributed by atoms with Crippen molar-refractivity contribution in [3.8, 4) is 5.75 Å². The summed E-state index contributed by atoms with van der Waals surface area (Å²) in [6.07, 6.45) is 0.906. The summed E-state index contributed by atoms with van der Waals surface area (Å²) in [5.74, 6) is 1.06. The molecule has 7 heteroatoms. The largest absolute Gasteiger partial charge is 0.497 e. The summed E-state index contributed by atoms with van der Waals surface area (Å²) in [7, 11) is 1.69. The van der Waals surface area contributed by atoms with Crippen LogP contribution in [0.25, 0.3) is 0 Å². The van der Waals surface area contributed by atoms with Gasteiger partial charge in [-0.15, -0.1) is 0 Å². The van der Waals surface area contributed by atoms with Crippen molar-refractivity contribution >= 4 is 5.91 Å². The maximum atomic E-state index is 12.3. The molecule has 0 aliphatic carbocycles. The van der Waals surface area contributed by atoms with Crippen molar-refractivity contribution in [3.63, 3.8) is 0 Å². The first kappa shape index (κ1) is 21.3. The number of nitrogens with zero attached hydrogens (tertiary/aromatic N) is 2. The Morgan fingerprint density at radius 3 is 2.45 bits per heavy atom. The number of quaternary nitrogens is 2. The van der Waals surface area contributed by atoms with Crippen LogP contribution in [0.1, 0.15) is 23.4 Å². The zero-order valence-electron chi connectivity index (χ0n) is 18.0. The highest BCUT2D eigenvalue weighted by molar-refractivity contribution is 5.76. The van der Waals surface area contributed by atoms with Crippen molar-refractivity contribution in [1.29, 1.82) is 0 Å². The lowest BCUT2D eigenvalue weighted by atomic mass is 10.2. The molecule has 1 saturated heterocycles. The third-order valence-corrected chi connectivity index (χ3v) is 5.66. The molecule has 3 N–H and O–H groups in total. The van der Waals surface area contributed by atoms with Crippen LogP contribution in [0.2, 0.25) is 0 Å². The number of amides is 1. The van der Waals surface area contributed by atoms with E-state index in [9.17, 15) is 4.79 Å². The number of nitrogens with one attached hydrogen (secondary N) is 3. The summed E-state index contributed by atoms with van der Waals surface area (Å²) in [5.41, 5.74) is 3.56. The first-order valence-corrected chi connectivity index (χ1v) is 10.6. The Labute approximate surface area is 173 Å². The molecule has 0 bridgehead atoms. The summed E-state index contributed by atoms with van der Waals surface area (Å²) in [4.78, 5) is 15.2. The number of benzene rings is 1. The van der Waals surface area contributed by atoms with Crippen molar-refractivity contribution in [3.05, 3.63) is 47.3 Å². The molecule has 1 aliphatic rings. The van der Waals surface area contributed by atoms with E-state index in [1.807, 2.05) is 23.7 Å². The van der Waals surface area contributed by atoms with Crippen LogP contribution < -0.4 is 19.9 Å². The van der Waals surface area contributed by atoms with E-state index in [0.717, 1.165) is 57.1 Å². The zero-order valence-corrected chi connectivity index (χ0v) is 18.0. The third-order valence-electron chi connectivity index (χ3n) is 5.66. The number of ether oxygens (including phenoxy) is 1. The first-order valence-electron chi connectivity index (χ1n) is 10.6. The van der Waals surface area contributed by atoms with Crippen molar-refractivity contribution < 1.29 is 19.3 Å². The van der Waals surface area contributed by atoms with E-state index in [2.05, 4.69) is 35.5 Å². The minimum atomic E-state index is 0.159. The Morgan fingerprint density at radius 1 is 1.14 bits per heavy atom. The Hall–Kier alpha value is -2.38. The maximum Gasteiger partial charge on any atom is 0.275 e. The minimum absolute atomic E-state index is 0.159. The van der Waals surface area contributed by atoms with Crippen molar-refractivity contribution in [2.75, 3.05) is 46.4 Å². The molecule has 0 unspecified atom stereocenters. The number of hydrogen-bond donors (Lipinski definition) is 3. The van der Waals surface area contributed by atoms with Gasteiger partial charge < -0.3 is 19.9 Å². The van der Waals surface area contributed by atoms with Crippen LogP contribution in [0, 0.1) is 13.8 Å². The molecule has 1 aromatic carbocycles. The molecule has 0 radical (unpaired) electrons. The molecule has 1 aliphatic heterocycles. The van der Waals surface area contributed by atoms with Gasteiger partial charge in [-0.1, -0.05) is 0 Å². The molecule has 7 nitrogen and oxygen atoms in total. The van der Waals surface area contributed by atoms with Gasteiger partial charge in [0.05, 0.1) is 12.8 Å². The second kappa shape index (κ2) is 10.4. The fraction of sp³-hybridized carbons (Fsp3) is 0.545. The number of methoxy groups -OCH3 is 1. The quantitative estimate of drug-likeness (QED) is 0.472.